The van der Waals surface area contributed by atoms with Gasteiger partial charge in [-0.15, -0.1) is 0 Å². The summed E-state index contributed by atoms with van der Waals surface area (Å²) in [5.74, 6) is 0.736. The Morgan fingerprint density at radius 1 is 1.32 bits per heavy atom. The molecule has 2 fully saturated rings. The van der Waals surface area contributed by atoms with Gasteiger partial charge in [-0.3, -0.25) is 4.90 Å². The van der Waals surface area contributed by atoms with E-state index in [9.17, 15) is 4.79 Å². The van der Waals surface area contributed by atoms with E-state index < -0.39 is 0 Å². The molecule has 7 heteroatoms. The fraction of sp³-hybridized carbons (Fsp3) is 0.667. The van der Waals surface area contributed by atoms with Gasteiger partial charge in [0.2, 0.25) is 0 Å². The second kappa shape index (κ2) is 10.1. The van der Waals surface area contributed by atoms with Crippen molar-refractivity contribution in [3.63, 3.8) is 0 Å². The molecule has 0 bridgehead atoms. The molecule has 156 valence electrons. The van der Waals surface area contributed by atoms with Crippen LogP contribution >= 0.6 is 0 Å². The molecule has 28 heavy (non-hydrogen) atoms. The monoisotopic (exact) mass is 391 g/mol. The molecule has 2 amide bonds. The zero-order chi connectivity index (χ0) is 19.8. The fourth-order valence-electron chi connectivity index (χ4n) is 3.64. The summed E-state index contributed by atoms with van der Waals surface area (Å²) in [5, 5.41) is 5.93. The van der Waals surface area contributed by atoms with Gasteiger partial charge in [-0.1, -0.05) is 13.0 Å². The highest BCUT2D eigenvalue weighted by Crippen LogP contribution is 2.21. The Kier molecular flexibility index (Phi) is 7.53. The Hall–Kier alpha value is -1.83. The molecule has 2 heterocycles. The number of amides is 2. The average Bonchev–Trinajstić information content (AvgIpc) is 3.25. The molecule has 1 aromatic rings. The number of urea groups is 1. The van der Waals surface area contributed by atoms with Crippen molar-refractivity contribution in [2.45, 2.75) is 44.8 Å². The maximum atomic E-state index is 12.4. The van der Waals surface area contributed by atoms with Crippen LogP contribution in [0.25, 0.3) is 0 Å². The summed E-state index contributed by atoms with van der Waals surface area (Å²) < 4.78 is 16.8. The van der Waals surface area contributed by atoms with Gasteiger partial charge in [0.15, 0.2) is 0 Å². The highest BCUT2D eigenvalue weighted by molar-refractivity contribution is 5.89. The molecule has 2 aliphatic heterocycles. The second-order valence-electron chi connectivity index (χ2n) is 7.73. The summed E-state index contributed by atoms with van der Waals surface area (Å²) in [6, 6.07) is 7.27. The van der Waals surface area contributed by atoms with Gasteiger partial charge in [0.25, 0.3) is 0 Å². The third kappa shape index (κ3) is 5.83. The van der Waals surface area contributed by atoms with E-state index >= 15 is 0 Å². The first-order valence-corrected chi connectivity index (χ1v) is 10.3. The standard InChI is InChI=1S/C21H33N3O4/c1-3-21(2,24-9-12-26-13-10-24)16-22-20(25)23-17-6-4-7-18(14-17)28-15-19-8-5-11-27-19/h4,6-7,14,19H,3,5,8-13,15-16H2,1-2H3,(H2,22,23,25)/t19-,21-/m1/s1. The van der Waals surface area contributed by atoms with Gasteiger partial charge in [0, 0.05) is 43.5 Å². The second-order valence-corrected chi connectivity index (χ2v) is 7.73. The van der Waals surface area contributed by atoms with Gasteiger partial charge < -0.3 is 24.8 Å². The first-order chi connectivity index (χ1) is 13.6. The number of carbonyl (C=O) groups excluding carboxylic acids is 1. The van der Waals surface area contributed by atoms with E-state index in [0.29, 0.717) is 18.8 Å². The molecular formula is C21H33N3O4. The number of ether oxygens (including phenoxy) is 3. The van der Waals surface area contributed by atoms with Crippen LogP contribution in [0.2, 0.25) is 0 Å². The lowest BCUT2D eigenvalue weighted by Crippen LogP contribution is -2.57. The van der Waals surface area contributed by atoms with Crippen LogP contribution < -0.4 is 15.4 Å². The van der Waals surface area contributed by atoms with Crippen LogP contribution in [0, 0.1) is 0 Å². The number of nitrogens with zero attached hydrogens (tertiary/aromatic N) is 1. The van der Waals surface area contributed by atoms with E-state index in [4.69, 9.17) is 14.2 Å². The maximum Gasteiger partial charge on any atom is 0.319 e. The zero-order valence-electron chi connectivity index (χ0n) is 17.0. The molecule has 7 nitrogen and oxygen atoms in total. The van der Waals surface area contributed by atoms with Gasteiger partial charge in [0.1, 0.15) is 12.4 Å². The molecule has 2 aliphatic rings. The minimum atomic E-state index is -0.204. The van der Waals surface area contributed by atoms with Crippen LogP contribution in [-0.4, -0.2) is 68.6 Å². The Bertz CT molecular complexity index is 630. The topological polar surface area (TPSA) is 72.1 Å². The summed E-state index contributed by atoms with van der Waals surface area (Å²) >= 11 is 0. The summed E-state index contributed by atoms with van der Waals surface area (Å²) in [4.78, 5) is 14.8. The summed E-state index contributed by atoms with van der Waals surface area (Å²) in [7, 11) is 0. The molecule has 0 unspecified atom stereocenters. The number of rotatable bonds is 8. The molecule has 2 N–H and O–H groups in total. The van der Waals surface area contributed by atoms with Crippen LogP contribution in [0.1, 0.15) is 33.1 Å². The van der Waals surface area contributed by atoms with Crippen molar-refractivity contribution in [1.82, 2.24) is 10.2 Å². The van der Waals surface area contributed by atoms with Crippen LogP contribution in [0.5, 0.6) is 5.75 Å². The van der Waals surface area contributed by atoms with E-state index in [1.165, 1.54) is 0 Å². The van der Waals surface area contributed by atoms with Crippen molar-refractivity contribution in [2.24, 2.45) is 0 Å². The number of hydrogen-bond donors (Lipinski definition) is 2. The first kappa shape index (κ1) is 20.9. The normalized spacial score (nSPS) is 22.4. The Balaban J connectivity index is 1.47. The quantitative estimate of drug-likeness (QED) is 0.713. The lowest BCUT2D eigenvalue weighted by molar-refractivity contribution is -0.0163. The molecule has 2 atom stereocenters. The SMILES string of the molecule is CC[C@](C)(CNC(=O)Nc1cccc(OC[C@H]2CCCO2)c1)N1CCOCC1. The summed E-state index contributed by atoms with van der Waals surface area (Å²) in [6.45, 7) is 9.60. The number of benzene rings is 1. The van der Waals surface area contributed by atoms with Crippen LogP contribution in [0.15, 0.2) is 24.3 Å². The predicted octanol–water partition coefficient (Wildman–Crippen LogP) is 2.87. The van der Waals surface area contributed by atoms with Crippen molar-refractivity contribution in [3.05, 3.63) is 24.3 Å². The number of carbonyl (C=O) groups is 1. The largest absolute Gasteiger partial charge is 0.491 e. The van der Waals surface area contributed by atoms with Crippen LogP contribution in [-0.2, 0) is 9.47 Å². The molecule has 2 saturated heterocycles. The Labute approximate surface area is 167 Å². The van der Waals surface area contributed by atoms with Crippen molar-refractivity contribution in [2.75, 3.05) is 51.4 Å². The number of anilines is 1. The van der Waals surface area contributed by atoms with Gasteiger partial charge in [-0.25, -0.2) is 4.79 Å². The third-order valence-electron chi connectivity index (χ3n) is 5.72. The van der Waals surface area contributed by atoms with Gasteiger partial charge in [-0.05, 0) is 38.3 Å². The van der Waals surface area contributed by atoms with E-state index in [0.717, 1.165) is 57.9 Å². The fourth-order valence-corrected chi connectivity index (χ4v) is 3.64. The molecule has 0 aromatic heterocycles. The van der Waals surface area contributed by atoms with Crippen molar-refractivity contribution in [1.29, 1.82) is 0 Å². The first-order valence-electron chi connectivity index (χ1n) is 10.3. The van der Waals surface area contributed by atoms with Gasteiger partial charge in [-0.2, -0.15) is 0 Å². The summed E-state index contributed by atoms with van der Waals surface area (Å²) in [6.07, 6.45) is 3.27. The van der Waals surface area contributed by atoms with Crippen molar-refractivity contribution in [3.8, 4) is 5.75 Å². The molecule has 3 rings (SSSR count). The van der Waals surface area contributed by atoms with Crippen molar-refractivity contribution >= 4 is 11.7 Å². The van der Waals surface area contributed by atoms with Crippen LogP contribution in [0.3, 0.4) is 0 Å². The lowest BCUT2D eigenvalue weighted by atomic mass is 9.95. The highest BCUT2D eigenvalue weighted by atomic mass is 16.5. The van der Waals surface area contributed by atoms with E-state index in [1.807, 2.05) is 24.3 Å². The van der Waals surface area contributed by atoms with E-state index in [2.05, 4.69) is 29.4 Å². The van der Waals surface area contributed by atoms with Gasteiger partial charge >= 0.3 is 6.03 Å². The van der Waals surface area contributed by atoms with E-state index in [1.54, 1.807) is 0 Å². The summed E-state index contributed by atoms with van der Waals surface area (Å²) in [5.41, 5.74) is 0.639. The van der Waals surface area contributed by atoms with Crippen molar-refractivity contribution < 1.29 is 19.0 Å². The van der Waals surface area contributed by atoms with Crippen LogP contribution in [0.4, 0.5) is 10.5 Å². The number of nitrogens with one attached hydrogen (secondary N) is 2. The Morgan fingerprint density at radius 3 is 2.86 bits per heavy atom. The third-order valence-corrected chi connectivity index (χ3v) is 5.72. The molecule has 0 radical (unpaired) electrons. The average molecular weight is 392 g/mol. The Morgan fingerprint density at radius 2 is 2.14 bits per heavy atom. The zero-order valence-corrected chi connectivity index (χ0v) is 17.0. The minimum absolute atomic E-state index is 0.0760. The molecule has 0 saturated carbocycles. The van der Waals surface area contributed by atoms with Gasteiger partial charge in [0.05, 0.1) is 19.3 Å². The lowest BCUT2D eigenvalue weighted by Gasteiger charge is -2.43. The highest BCUT2D eigenvalue weighted by Gasteiger charge is 2.31. The predicted molar refractivity (Wildman–Crippen MR) is 109 cm³/mol. The molecule has 1 aromatic carbocycles. The maximum absolute atomic E-state index is 12.4. The molecule has 0 aliphatic carbocycles. The number of hydrogen-bond acceptors (Lipinski definition) is 5. The smallest absolute Gasteiger partial charge is 0.319 e. The molecule has 0 spiro atoms. The van der Waals surface area contributed by atoms with E-state index in [-0.39, 0.29) is 17.7 Å². The molecular weight excluding hydrogens is 358 g/mol. The number of morpholine rings is 1. The minimum Gasteiger partial charge on any atom is -0.491 e.